The number of nitrogens with zero attached hydrogens (tertiary/aromatic N) is 1. The molecule has 0 heterocycles. The Labute approximate surface area is 171 Å². The molecule has 1 aromatic rings. The fourth-order valence-corrected chi connectivity index (χ4v) is 4.71. The summed E-state index contributed by atoms with van der Waals surface area (Å²) in [5, 5.41) is 0. The molecule has 0 N–H and O–H groups in total. The summed E-state index contributed by atoms with van der Waals surface area (Å²) in [6, 6.07) is 9.81. The van der Waals surface area contributed by atoms with E-state index in [0.717, 1.165) is 6.04 Å². The number of halogens is 1. The molecule has 1 aromatic carbocycles. The minimum atomic E-state index is 0.793. The number of rotatable bonds is 14. The standard InChI is InChI=1S/C23H41IN/c1-5-8-10-18-25(7-3,19-11-9-6-2)21(4)14-12-15-22-16-13-17-23(24)20-22/h13,16-17,20-21H,5-12,14-15,18-19H2,1-4H3/q+1. The lowest BCUT2D eigenvalue weighted by Crippen LogP contribution is -2.55. The highest BCUT2D eigenvalue weighted by Crippen LogP contribution is 2.23. The Morgan fingerprint density at radius 3 is 2.08 bits per heavy atom. The van der Waals surface area contributed by atoms with E-state index in [1.807, 2.05) is 0 Å². The molecule has 0 radical (unpaired) electrons. The second-order valence-corrected chi connectivity index (χ2v) is 9.01. The van der Waals surface area contributed by atoms with Crippen molar-refractivity contribution in [1.82, 2.24) is 0 Å². The van der Waals surface area contributed by atoms with Crippen LogP contribution in [0.1, 0.15) is 84.6 Å². The molecule has 0 amide bonds. The van der Waals surface area contributed by atoms with E-state index in [0.29, 0.717) is 0 Å². The van der Waals surface area contributed by atoms with Gasteiger partial charge in [-0.25, -0.2) is 0 Å². The molecule has 0 fully saturated rings. The van der Waals surface area contributed by atoms with Crippen LogP contribution in [0.15, 0.2) is 24.3 Å². The lowest BCUT2D eigenvalue weighted by atomic mass is 10.0. The Kier molecular flexibility index (Phi) is 12.1. The van der Waals surface area contributed by atoms with Gasteiger partial charge in [-0.3, -0.25) is 0 Å². The summed E-state index contributed by atoms with van der Waals surface area (Å²) in [5.74, 6) is 0. The fraction of sp³-hybridized carbons (Fsp3) is 0.739. The van der Waals surface area contributed by atoms with Gasteiger partial charge < -0.3 is 4.48 Å². The van der Waals surface area contributed by atoms with Crippen LogP contribution in [-0.4, -0.2) is 30.2 Å². The summed E-state index contributed by atoms with van der Waals surface area (Å²) >= 11 is 2.42. The lowest BCUT2D eigenvalue weighted by Gasteiger charge is -2.43. The molecule has 1 unspecified atom stereocenters. The second-order valence-electron chi connectivity index (χ2n) is 7.77. The maximum Gasteiger partial charge on any atom is 0.0861 e. The summed E-state index contributed by atoms with van der Waals surface area (Å²) in [4.78, 5) is 0. The van der Waals surface area contributed by atoms with Gasteiger partial charge in [0.25, 0.3) is 0 Å². The molecule has 25 heavy (non-hydrogen) atoms. The molecular formula is C23H41IN+. The predicted molar refractivity (Wildman–Crippen MR) is 121 cm³/mol. The largest absolute Gasteiger partial charge is 0.322 e. The first kappa shape index (κ1) is 23.0. The molecular weight excluding hydrogens is 417 g/mol. The third-order valence-electron chi connectivity index (χ3n) is 5.96. The predicted octanol–water partition coefficient (Wildman–Crippen LogP) is 7.22. The van der Waals surface area contributed by atoms with Gasteiger partial charge >= 0.3 is 0 Å². The second kappa shape index (κ2) is 13.1. The first-order valence-corrected chi connectivity index (χ1v) is 11.8. The van der Waals surface area contributed by atoms with Crippen LogP contribution in [0, 0.1) is 3.57 Å². The van der Waals surface area contributed by atoms with Gasteiger partial charge in [0, 0.05) is 3.57 Å². The Morgan fingerprint density at radius 1 is 0.920 bits per heavy atom. The first-order chi connectivity index (χ1) is 12.1. The minimum absolute atomic E-state index is 0.793. The smallest absolute Gasteiger partial charge is 0.0861 e. The van der Waals surface area contributed by atoms with Gasteiger partial charge in [0.15, 0.2) is 0 Å². The molecule has 0 aliphatic heterocycles. The molecule has 1 nitrogen and oxygen atoms in total. The van der Waals surface area contributed by atoms with E-state index in [-0.39, 0.29) is 0 Å². The molecule has 0 aliphatic carbocycles. The molecule has 0 spiro atoms. The molecule has 1 rings (SSSR count). The molecule has 0 saturated heterocycles. The molecule has 0 saturated carbocycles. The Hall–Kier alpha value is -0.0900. The van der Waals surface area contributed by atoms with E-state index >= 15 is 0 Å². The lowest BCUT2D eigenvalue weighted by molar-refractivity contribution is -0.948. The third kappa shape index (κ3) is 8.43. The highest BCUT2D eigenvalue weighted by atomic mass is 127. The fourth-order valence-electron chi connectivity index (χ4n) is 4.10. The van der Waals surface area contributed by atoms with Gasteiger partial charge in [-0.05, 0) is 99.1 Å². The quantitative estimate of drug-likeness (QED) is 0.157. The van der Waals surface area contributed by atoms with Gasteiger partial charge in [0.05, 0.1) is 25.7 Å². The summed E-state index contributed by atoms with van der Waals surface area (Å²) in [6.07, 6.45) is 12.2. The average molecular weight is 458 g/mol. The SMILES string of the molecule is CCCCC[N+](CC)(CCCCC)C(C)CCCc1cccc(I)c1. The van der Waals surface area contributed by atoms with E-state index in [1.54, 1.807) is 0 Å². The molecule has 144 valence electrons. The Morgan fingerprint density at radius 2 is 1.56 bits per heavy atom. The maximum atomic E-state index is 2.52. The van der Waals surface area contributed by atoms with E-state index in [9.17, 15) is 0 Å². The van der Waals surface area contributed by atoms with Crippen molar-refractivity contribution in [3.8, 4) is 0 Å². The Bertz CT molecular complexity index is 447. The van der Waals surface area contributed by atoms with Crippen LogP contribution in [0.5, 0.6) is 0 Å². The zero-order chi connectivity index (χ0) is 18.5. The topological polar surface area (TPSA) is 0 Å². The number of hydrogen-bond acceptors (Lipinski definition) is 0. The van der Waals surface area contributed by atoms with Crippen LogP contribution < -0.4 is 0 Å². The number of hydrogen-bond donors (Lipinski definition) is 0. The van der Waals surface area contributed by atoms with Crippen molar-refractivity contribution < 1.29 is 4.48 Å². The van der Waals surface area contributed by atoms with Crippen LogP contribution in [-0.2, 0) is 6.42 Å². The zero-order valence-corrected chi connectivity index (χ0v) is 19.4. The van der Waals surface area contributed by atoms with Crippen LogP contribution in [0.4, 0.5) is 0 Å². The molecule has 0 aromatic heterocycles. The highest BCUT2D eigenvalue weighted by molar-refractivity contribution is 14.1. The first-order valence-electron chi connectivity index (χ1n) is 10.7. The van der Waals surface area contributed by atoms with Gasteiger partial charge in [-0.2, -0.15) is 0 Å². The van der Waals surface area contributed by atoms with E-state index < -0.39 is 0 Å². The summed E-state index contributed by atoms with van der Waals surface area (Å²) in [5.41, 5.74) is 1.51. The van der Waals surface area contributed by atoms with Crippen molar-refractivity contribution in [3.63, 3.8) is 0 Å². The summed E-state index contributed by atoms with van der Waals surface area (Å²) in [6.45, 7) is 13.7. The molecule has 0 bridgehead atoms. The van der Waals surface area contributed by atoms with Gasteiger partial charge in [-0.15, -0.1) is 0 Å². The van der Waals surface area contributed by atoms with Gasteiger partial charge in [-0.1, -0.05) is 38.8 Å². The van der Waals surface area contributed by atoms with Crippen LogP contribution in [0.3, 0.4) is 0 Å². The number of quaternary nitrogens is 1. The van der Waals surface area contributed by atoms with Gasteiger partial charge in [0.2, 0.25) is 0 Å². The van der Waals surface area contributed by atoms with Gasteiger partial charge in [0.1, 0.15) is 0 Å². The maximum absolute atomic E-state index is 2.52. The number of aryl methyl sites for hydroxylation is 1. The highest BCUT2D eigenvalue weighted by Gasteiger charge is 2.30. The molecule has 1 atom stereocenters. The van der Waals surface area contributed by atoms with E-state index in [4.69, 9.17) is 0 Å². The van der Waals surface area contributed by atoms with Crippen molar-refractivity contribution in [2.75, 3.05) is 19.6 Å². The molecule has 0 aliphatic rings. The normalized spacial score (nSPS) is 13.2. The minimum Gasteiger partial charge on any atom is -0.322 e. The van der Waals surface area contributed by atoms with Crippen molar-refractivity contribution in [3.05, 3.63) is 33.4 Å². The van der Waals surface area contributed by atoms with Crippen molar-refractivity contribution >= 4 is 22.6 Å². The van der Waals surface area contributed by atoms with Crippen molar-refractivity contribution in [2.24, 2.45) is 0 Å². The van der Waals surface area contributed by atoms with Crippen molar-refractivity contribution in [2.45, 2.75) is 91.5 Å². The third-order valence-corrected chi connectivity index (χ3v) is 6.63. The molecule has 2 heteroatoms. The monoisotopic (exact) mass is 458 g/mol. The Balaban J connectivity index is 2.60. The van der Waals surface area contributed by atoms with Crippen LogP contribution in [0.25, 0.3) is 0 Å². The van der Waals surface area contributed by atoms with E-state index in [1.165, 1.54) is 91.0 Å². The van der Waals surface area contributed by atoms with Crippen LogP contribution in [0.2, 0.25) is 0 Å². The van der Waals surface area contributed by atoms with E-state index in [2.05, 4.69) is 74.6 Å². The number of benzene rings is 1. The number of unbranched alkanes of at least 4 members (excludes halogenated alkanes) is 4. The van der Waals surface area contributed by atoms with Crippen LogP contribution >= 0.6 is 22.6 Å². The summed E-state index contributed by atoms with van der Waals surface area (Å²) < 4.78 is 2.72. The van der Waals surface area contributed by atoms with Crippen molar-refractivity contribution in [1.29, 1.82) is 0 Å². The average Bonchev–Trinajstić information content (AvgIpc) is 2.60. The summed E-state index contributed by atoms with van der Waals surface area (Å²) in [7, 11) is 0. The zero-order valence-electron chi connectivity index (χ0n) is 17.2.